The average molecular weight is 410 g/mol. The van der Waals surface area contributed by atoms with Crippen molar-refractivity contribution < 1.29 is 18.6 Å². The van der Waals surface area contributed by atoms with Crippen LogP contribution in [0.2, 0.25) is 0 Å². The molecule has 0 amide bonds. The third-order valence-corrected chi connectivity index (χ3v) is 4.83. The largest absolute Gasteiger partial charge is 0.496 e. The summed E-state index contributed by atoms with van der Waals surface area (Å²) in [5, 5.41) is 15.2. The van der Waals surface area contributed by atoms with Gasteiger partial charge < -0.3 is 9.84 Å². The zero-order valence-corrected chi connectivity index (χ0v) is 16.5. The standard InChI is InChI=1S/C22H20F2N4O2/c1-13(29)15-8-16-18(9-19(15)30-2)25-12-26-22(16)17-10-28(11-20(23)24)27-21(17)14-6-4-3-5-7-14/h3-10,12-13,20,29H,11H2,1-2H3/t13-/m1/s1. The number of methoxy groups -OCH3 is 1. The Morgan fingerprint density at radius 2 is 1.87 bits per heavy atom. The summed E-state index contributed by atoms with van der Waals surface area (Å²) < 4.78 is 32.6. The molecule has 0 radical (unpaired) electrons. The Morgan fingerprint density at radius 1 is 1.10 bits per heavy atom. The summed E-state index contributed by atoms with van der Waals surface area (Å²) in [6.07, 6.45) is -0.317. The Hall–Kier alpha value is -3.39. The maximum absolute atomic E-state index is 13.0. The number of ether oxygens (including phenoxy) is 1. The van der Waals surface area contributed by atoms with Crippen LogP contribution in [0.25, 0.3) is 33.4 Å². The number of aromatic nitrogens is 4. The van der Waals surface area contributed by atoms with E-state index in [1.165, 1.54) is 18.1 Å². The van der Waals surface area contributed by atoms with Gasteiger partial charge in [0.2, 0.25) is 0 Å². The molecule has 2 aromatic heterocycles. The lowest BCUT2D eigenvalue weighted by atomic mass is 10.00. The molecule has 0 spiro atoms. The number of hydrogen-bond acceptors (Lipinski definition) is 5. The third-order valence-electron chi connectivity index (χ3n) is 4.83. The molecule has 0 saturated carbocycles. The maximum Gasteiger partial charge on any atom is 0.257 e. The first kappa shape index (κ1) is 19.9. The number of fused-ring (bicyclic) bond motifs is 1. The van der Waals surface area contributed by atoms with E-state index >= 15 is 0 Å². The minimum atomic E-state index is -2.53. The van der Waals surface area contributed by atoms with Crippen molar-refractivity contribution in [2.24, 2.45) is 0 Å². The molecule has 0 saturated heterocycles. The van der Waals surface area contributed by atoms with E-state index in [-0.39, 0.29) is 0 Å². The molecular formula is C22H20F2N4O2. The lowest BCUT2D eigenvalue weighted by Gasteiger charge is -2.13. The second-order valence-electron chi connectivity index (χ2n) is 6.88. The van der Waals surface area contributed by atoms with E-state index in [0.717, 1.165) is 5.56 Å². The summed E-state index contributed by atoms with van der Waals surface area (Å²) in [4.78, 5) is 8.75. The minimum absolute atomic E-state index is 0.513. The van der Waals surface area contributed by atoms with Gasteiger partial charge in [0.1, 0.15) is 24.3 Å². The van der Waals surface area contributed by atoms with E-state index < -0.39 is 19.1 Å². The Kier molecular flexibility index (Phi) is 5.41. The quantitative estimate of drug-likeness (QED) is 0.507. The molecule has 2 heterocycles. The van der Waals surface area contributed by atoms with E-state index in [2.05, 4.69) is 15.1 Å². The predicted molar refractivity (Wildman–Crippen MR) is 109 cm³/mol. The Bertz CT molecular complexity index is 1180. The van der Waals surface area contributed by atoms with Gasteiger partial charge in [-0.15, -0.1) is 0 Å². The molecule has 4 aromatic rings. The molecule has 1 N–H and O–H groups in total. The summed E-state index contributed by atoms with van der Waals surface area (Å²) in [5.74, 6) is 0.513. The van der Waals surface area contributed by atoms with Crippen molar-refractivity contribution in [3.8, 4) is 28.3 Å². The molecule has 0 fully saturated rings. The molecule has 2 aromatic carbocycles. The van der Waals surface area contributed by atoms with E-state index in [1.54, 1.807) is 25.3 Å². The normalized spacial score (nSPS) is 12.5. The fraction of sp³-hybridized carbons (Fsp3) is 0.227. The monoisotopic (exact) mass is 410 g/mol. The van der Waals surface area contributed by atoms with Crippen molar-refractivity contribution >= 4 is 10.9 Å². The topological polar surface area (TPSA) is 73.1 Å². The highest BCUT2D eigenvalue weighted by molar-refractivity contribution is 5.96. The van der Waals surface area contributed by atoms with Crippen molar-refractivity contribution in [1.82, 2.24) is 19.7 Å². The van der Waals surface area contributed by atoms with Gasteiger partial charge in [-0.05, 0) is 13.0 Å². The van der Waals surface area contributed by atoms with Crippen LogP contribution in [0.1, 0.15) is 18.6 Å². The fourth-order valence-electron chi connectivity index (χ4n) is 3.46. The highest BCUT2D eigenvalue weighted by atomic mass is 19.3. The molecule has 30 heavy (non-hydrogen) atoms. The van der Waals surface area contributed by atoms with E-state index in [0.29, 0.717) is 39.2 Å². The fourth-order valence-corrected chi connectivity index (χ4v) is 3.46. The predicted octanol–water partition coefficient (Wildman–Crippen LogP) is 4.49. The van der Waals surface area contributed by atoms with Crippen LogP contribution in [0.4, 0.5) is 8.78 Å². The molecular weight excluding hydrogens is 390 g/mol. The van der Waals surface area contributed by atoms with Gasteiger partial charge in [-0.3, -0.25) is 4.68 Å². The molecule has 4 rings (SSSR count). The number of alkyl halides is 2. The van der Waals surface area contributed by atoms with Gasteiger partial charge in [0, 0.05) is 34.3 Å². The number of aliphatic hydroxyl groups excluding tert-OH is 1. The van der Waals surface area contributed by atoms with Crippen LogP contribution in [-0.4, -0.2) is 38.4 Å². The van der Waals surface area contributed by atoms with Crippen molar-refractivity contribution in [2.75, 3.05) is 7.11 Å². The second kappa shape index (κ2) is 8.16. The van der Waals surface area contributed by atoms with Gasteiger partial charge >= 0.3 is 0 Å². The Labute approximate surface area is 171 Å². The molecule has 154 valence electrons. The summed E-state index contributed by atoms with van der Waals surface area (Å²) in [6.45, 7) is 1.12. The number of rotatable bonds is 6. The van der Waals surface area contributed by atoms with Crippen LogP contribution in [0.5, 0.6) is 5.75 Å². The van der Waals surface area contributed by atoms with Crippen molar-refractivity contribution in [3.63, 3.8) is 0 Å². The summed E-state index contributed by atoms with van der Waals surface area (Å²) in [6, 6.07) is 12.8. The highest BCUT2D eigenvalue weighted by Crippen LogP contribution is 2.37. The van der Waals surface area contributed by atoms with Crippen LogP contribution < -0.4 is 4.74 Å². The highest BCUT2D eigenvalue weighted by Gasteiger charge is 2.20. The van der Waals surface area contributed by atoms with Crippen molar-refractivity contribution in [1.29, 1.82) is 0 Å². The minimum Gasteiger partial charge on any atom is -0.496 e. The number of hydrogen-bond donors (Lipinski definition) is 1. The molecule has 0 aliphatic rings. The molecule has 0 aliphatic carbocycles. The van der Waals surface area contributed by atoms with Crippen LogP contribution in [0, 0.1) is 0 Å². The Balaban J connectivity index is 1.97. The van der Waals surface area contributed by atoms with Gasteiger partial charge in [-0.25, -0.2) is 18.7 Å². The van der Waals surface area contributed by atoms with Crippen LogP contribution in [-0.2, 0) is 6.54 Å². The molecule has 0 bridgehead atoms. The first-order valence-corrected chi connectivity index (χ1v) is 9.40. The first-order valence-electron chi connectivity index (χ1n) is 9.40. The van der Waals surface area contributed by atoms with Crippen LogP contribution in [0.15, 0.2) is 55.0 Å². The lowest BCUT2D eigenvalue weighted by molar-refractivity contribution is 0.122. The molecule has 1 atom stereocenters. The molecule has 6 nitrogen and oxygen atoms in total. The number of nitrogens with zero attached hydrogens (tertiary/aromatic N) is 4. The smallest absolute Gasteiger partial charge is 0.257 e. The zero-order valence-electron chi connectivity index (χ0n) is 16.5. The number of benzene rings is 2. The first-order chi connectivity index (χ1) is 14.5. The molecule has 0 aliphatic heterocycles. The average Bonchev–Trinajstić information content (AvgIpc) is 3.15. The van der Waals surface area contributed by atoms with Gasteiger partial charge in [0.15, 0.2) is 0 Å². The van der Waals surface area contributed by atoms with Crippen molar-refractivity contribution in [2.45, 2.75) is 26.0 Å². The summed E-state index contributed by atoms with van der Waals surface area (Å²) in [7, 11) is 1.52. The van der Waals surface area contributed by atoms with Gasteiger partial charge in [-0.2, -0.15) is 5.10 Å². The molecule has 8 heteroatoms. The lowest BCUT2D eigenvalue weighted by Crippen LogP contribution is -2.06. The second-order valence-corrected chi connectivity index (χ2v) is 6.88. The number of aliphatic hydroxyl groups is 1. The summed E-state index contributed by atoms with van der Waals surface area (Å²) >= 11 is 0. The van der Waals surface area contributed by atoms with Crippen LogP contribution in [0.3, 0.4) is 0 Å². The van der Waals surface area contributed by atoms with Crippen molar-refractivity contribution in [3.05, 3.63) is 60.6 Å². The van der Waals surface area contributed by atoms with E-state index in [4.69, 9.17) is 4.74 Å². The maximum atomic E-state index is 13.0. The van der Waals surface area contributed by atoms with Gasteiger partial charge in [0.25, 0.3) is 6.43 Å². The summed E-state index contributed by atoms with van der Waals surface area (Å²) in [5.41, 5.74) is 3.69. The van der Waals surface area contributed by atoms with E-state index in [9.17, 15) is 13.9 Å². The van der Waals surface area contributed by atoms with Gasteiger partial charge in [-0.1, -0.05) is 30.3 Å². The zero-order chi connectivity index (χ0) is 21.3. The number of halogens is 2. The van der Waals surface area contributed by atoms with Gasteiger partial charge in [0.05, 0.1) is 24.4 Å². The molecule has 0 unspecified atom stereocenters. The SMILES string of the molecule is COc1cc2ncnc(-c3cn(CC(F)F)nc3-c3ccccc3)c2cc1[C@@H](C)O. The van der Waals surface area contributed by atoms with Crippen LogP contribution >= 0.6 is 0 Å². The Morgan fingerprint density at radius 3 is 2.53 bits per heavy atom. The van der Waals surface area contributed by atoms with E-state index in [1.807, 2.05) is 30.3 Å². The third kappa shape index (κ3) is 3.73.